The maximum Gasteiger partial charge on any atom is 0.326 e. The Morgan fingerprint density at radius 3 is 2.29 bits per heavy atom. The fraction of sp³-hybridized carbons (Fsp3) is 0.409. The normalized spacial score (nSPS) is 13.5. The molecule has 0 bridgehead atoms. The van der Waals surface area contributed by atoms with Crippen LogP contribution in [0.15, 0.2) is 36.8 Å². The number of H-pyrrole nitrogens is 1. The van der Waals surface area contributed by atoms with Gasteiger partial charge in [-0.1, -0.05) is 26.0 Å². The van der Waals surface area contributed by atoms with Gasteiger partial charge in [0.05, 0.1) is 18.9 Å². The molecule has 2 rings (SSSR count). The number of amides is 3. The summed E-state index contributed by atoms with van der Waals surface area (Å²) in [5.41, 5.74) is 7.24. The zero-order valence-electron chi connectivity index (χ0n) is 18.9. The summed E-state index contributed by atoms with van der Waals surface area (Å²) in [7, 11) is 0. The maximum absolute atomic E-state index is 12.6. The highest BCUT2D eigenvalue weighted by molar-refractivity contribution is 5.92. The molecule has 3 atom stereocenters. The van der Waals surface area contributed by atoms with E-state index < -0.39 is 48.4 Å². The number of rotatable bonds is 12. The predicted octanol–water partition coefficient (Wildman–Crippen LogP) is -0.946. The zero-order chi connectivity index (χ0) is 25.3. The van der Waals surface area contributed by atoms with Gasteiger partial charge in [0.1, 0.15) is 17.8 Å². The van der Waals surface area contributed by atoms with E-state index in [1.54, 1.807) is 26.0 Å². The minimum absolute atomic E-state index is 0.00137. The number of carboxylic acids is 1. The largest absolute Gasteiger partial charge is 0.508 e. The van der Waals surface area contributed by atoms with Gasteiger partial charge in [0.25, 0.3) is 0 Å². The number of hydrogen-bond donors (Lipinski definition) is 7. The predicted molar refractivity (Wildman–Crippen MR) is 121 cm³/mol. The number of aromatic nitrogens is 2. The number of aromatic amines is 1. The van der Waals surface area contributed by atoms with Gasteiger partial charge in [-0.2, -0.15) is 0 Å². The van der Waals surface area contributed by atoms with Crippen LogP contribution in [0.2, 0.25) is 0 Å². The lowest BCUT2D eigenvalue weighted by Gasteiger charge is -2.23. The summed E-state index contributed by atoms with van der Waals surface area (Å²) in [4.78, 5) is 55.3. The molecule has 0 spiro atoms. The Morgan fingerprint density at radius 1 is 1.06 bits per heavy atom. The Balaban J connectivity index is 1.88. The van der Waals surface area contributed by atoms with Crippen LogP contribution in [0.4, 0.5) is 0 Å². The molecule has 34 heavy (non-hydrogen) atoms. The number of carbonyl (C=O) groups excluding carboxylic acids is 3. The molecule has 0 aliphatic heterocycles. The second kappa shape index (κ2) is 12.3. The number of aromatic hydroxyl groups is 1. The molecular formula is C22H30N6O6. The minimum Gasteiger partial charge on any atom is -0.508 e. The van der Waals surface area contributed by atoms with Crippen molar-refractivity contribution in [3.63, 3.8) is 0 Å². The number of phenols is 1. The summed E-state index contributed by atoms with van der Waals surface area (Å²) in [6.45, 7) is 2.98. The second-order valence-corrected chi connectivity index (χ2v) is 8.16. The van der Waals surface area contributed by atoms with Crippen LogP contribution in [0, 0.1) is 5.92 Å². The molecule has 1 heterocycles. The van der Waals surface area contributed by atoms with Crippen LogP contribution >= 0.6 is 0 Å². The standard InChI is InChI=1S/C22H30N6O6/c1-12(2)19(28-20(31)16(23)7-13-3-5-15(29)6-4-13)21(32)25-10-18(30)27-17(22(33)34)8-14-9-24-11-26-14/h3-6,9,11-12,16-17,19,29H,7-8,10,23H2,1-2H3,(H,24,26)(H,25,32)(H,27,30)(H,28,31)(H,33,34). The summed E-state index contributed by atoms with van der Waals surface area (Å²) in [6.07, 6.45) is 3.05. The van der Waals surface area contributed by atoms with Gasteiger partial charge in [0.2, 0.25) is 17.7 Å². The Bertz CT molecular complexity index is 976. The van der Waals surface area contributed by atoms with E-state index in [9.17, 15) is 29.4 Å². The van der Waals surface area contributed by atoms with Crippen LogP contribution in [-0.4, -0.2) is 68.5 Å². The van der Waals surface area contributed by atoms with Gasteiger partial charge in [-0.3, -0.25) is 14.4 Å². The van der Waals surface area contributed by atoms with Gasteiger partial charge in [-0.25, -0.2) is 9.78 Å². The number of imidazole rings is 1. The lowest BCUT2D eigenvalue weighted by molar-refractivity contribution is -0.141. The van der Waals surface area contributed by atoms with Gasteiger partial charge < -0.3 is 36.9 Å². The molecule has 2 aromatic rings. The third-order valence-corrected chi connectivity index (χ3v) is 5.01. The summed E-state index contributed by atoms with van der Waals surface area (Å²) in [6, 6.07) is 3.17. The quantitative estimate of drug-likeness (QED) is 0.204. The van der Waals surface area contributed by atoms with Crippen molar-refractivity contribution in [3.05, 3.63) is 48.0 Å². The number of benzene rings is 1. The highest BCUT2D eigenvalue weighted by Crippen LogP contribution is 2.11. The first-order valence-electron chi connectivity index (χ1n) is 10.7. The zero-order valence-corrected chi connectivity index (χ0v) is 18.9. The number of aliphatic carboxylic acids is 1. The molecule has 0 fully saturated rings. The summed E-state index contributed by atoms with van der Waals surface area (Å²) in [5, 5.41) is 26.0. The van der Waals surface area contributed by atoms with Gasteiger partial charge in [0.15, 0.2) is 0 Å². The van der Waals surface area contributed by atoms with Gasteiger partial charge in [-0.05, 0) is 30.0 Å². The smallest absolute Gasteiger partial charge is 0.326 e. The first kappa shape index (κ1) is 26.3. The topological polar surface area (TPSA) is 200 Å². The van der Waals surface area contributed by atoms with Crippen molar-refractivity contribution in [1.29, 1.82) is 0 Å². The molecule has 0 radical (unpaired) electrons. The highest BCUT2D eigenvalue weighted by atomic mass is 16.4. The van der Waals surface area contributed by atoms with Crippen molar-refractivity contribution in [2.45, 2.75) is 44.8 Å². The molecule has 0 saturated carbocycles. The van der Waals surface area contributed by atoms with E-state index in [4.69, 9.17) is 5.73 Å². The summed E-state index contributed by atoms with van der Waals surface area (Å²) in [5.74, 6) is -3.28. The molecule has 1 aromatic heterocycles. The van der Waals surface area contributed by atoms with Gasteiger partial charge in [-0.15, -0.1) is 0 Å². The number of phenolic OH excluding ortho intramolecular Hbond substituents is 1. The molecule has 3 amide bonds. The number of nitrogens with two attached hydrogens (primary N) is 1. The molecular weight excluding hydrogens is 444 g/mol. The van der Waals surface area contributed by atoms with Crippen molar-refractivity contribution in [1.82, 2.24) is 25.9 Å². The molecule has 184 valence electrons. The van der Waals surface area contributed by atoms with Crippen molar-refractivity contribution in [2.24, 2.45) is 11.7 Å². The van der Waals surface area contributed by atoms with Crippen LogP contribution in [0.5, 0.6) is 5.75 Å². The van der Waals surface area contributed by atoms with Crippen molar-refractivity contribution in [2.75, 3.05) is 6.54 Å². The van der Waals surface area contributed by atoms with Crippen molar-refractivity contribution in [3.8, 4) is 5.75 Å². The Morgan fingerprint density at radius 2 is 1.74 bits per heavy atom. The number of nitrogens with zero attached hydrogens (tertiary/aromatic N) is 1. The van der Waals surface area contributed by atoms with Gasteiger partial charge >= 0.3 is 5.97 Å². The van der Waals surface area contributed by atoms with Crippen molar-refractivity contribution < 1.29 is 29.4 Å². The number of carboxylic acid groups (broad SMARTS) is 1. The van der Waals surface area contributed by atoms with Crippen LogP contribution < -0.4 is 21.7 Å². The lowest BCUT2D eigenvalue weighted by atomic mass is 10.0. The molecule has 0 saturated heterocycles. The average Bonchev–Trinajstić information content (AvgIpc) is 3.29. The van der Waals surface area contributed by atoms with Crippen LogP contribution in [0.3, 0.4) is 0 Å². The lowest BCUT2D eigenvalue weighted by Crippen LogP contribution is -2.55. The SMILES string of the molecule is CC(C)C(NC(=O)C(N)Cc1ccc(O)cc1)C(=O)NCC(=O)NC(Cc1cnc[nH]1)C(=O)O. The molecule has 8 N–H and O–H groups in total. The first-order chi connectivity index (χ1) is 16.1. The van der Waals surface area contributed by atoms with Crippen LogP contribution in [-0.2, 0) is 32.0 Å². The van der Waals surface area contributed by atoms with E-state index in [0.717, 1.165) is 5.56 Å². The first-order valence-corrected chi connectivity index (χ1v) is 10.7. The maximum atomic E-state index is 12.6. The van der Waals surface area contributed by atoms with E-state index in [2.05, 4.69) is 25.9 Å². The van der Waals surface area contributed by atoms with Gasteiger partial charge in [0, 0.05) is 18.3 Å². The molecule has 0 aliphatic rings. The van der Waals surface area contributed by atoms with Crippen molar-refractivity contribution >= 4 is 23.7 Å². The van der Waals surface area contributed by atoms with E-state index in [1.165, 1.54) is 24.7 Å². The number of hydrogen-bond acceptors (Lipinski definition) is 7. The Kier molecular flexibility index (Phi) is 9.56. The van der Waals surface area contributed by atoms with Crippen LogP contribution in [0.25, 0.3) is 0 Å². The molecule has 3 unspecified atom stereocenters. The second-order valence-electron chi connectivity index (χ2n) is 8.16. The fourth-order valence-corrected chi connectivity index (χ4v) is 3.11. The molecule has 12 nitrogen and oxygen atoms in total. The minimum atomic E-state index is -1.23. The third-order valence-electron chi connectivity index (χ3n) is 5.01. The Labute approximate surface area is 196 Å². The number of carbonyl (C=O) groups is 4. The Hall–Kier alpha value is -3.93. The summed E-state index contributed by atoms with van der Waals surface area (Å²) < 4.78 is 0. The number of nitrogens with one attached hydrogen (secondary N) is 4. The highest BCUT2D eigenvalue weighted by Gasteiger charge is 2.27. The van der Waals surface area contributed by atoms with E-state index >= 15 is 0 Å². The fourth-order valence-electron chi connectivity index (χ4n) is 3.11. The summed E-state index contributed by atoms with van der Waals surface area (Å²) >= 11 is 0. The van der Waals surface area contributed by atoms with Crippen LogP contribution in [0.1, 0.15) is 25.1 Å². The molecule has 12 heteroatoms. The third kappa shape index (κ3) is 8.20. The van der Waals surface area contributed by atoms with E-state index in [1.807, 2.05) is 0 Å². The molecule has 1 aromatic carbocycles. The average molecular weight is 475 g/mol. The monoisotopic (exact) mass is 474 g/mol. The van der Waals surface area contributed by atoms with E-state index in [0.29, 0.717) is 5.69 Å². The van der Waals surface area contributed by atoms with E-state index in [-0.39, 0.29) is 24.5 Å². The molecule has 0 aliphatic carbocycles.